The second-order valence-electron chi connectivity index (χ2n) is 3.32. The molecule has 0 atom stereocenters. The van der Waals surface area contributed by atoms with Crippen molar-refractivity contribution in [2.45, 2.75) is 39.2 Å². The highest BCUT2D eigenvalue weighted by Crippen LogP contribution is 1.97. The zero-order chi connectivity index (χ0) is 9.36. The van der Waals surface area contributed by atoms with Gasteiger partial charge in [0.05, 0.1) is 0 Å². The van der Waals surface area contributed by atoms with Crippen molar-refractivity contribution in [2.75, 3.05) is 6.54 Å². The molecule has 0 bridgehead atoms. The molecule has 0 spiro atoms. The maximum atomic E-state index is 3.89. The van der Waals surface area contributed by atoms with E-state index in [1.54, 1.807) is 6.20 Å². The van der Waals surface area contributed by atoms with E-state index in [0.717, 1.165) is 18.8 Å². The Balaban J connectivity index is 1.90. The smallest absolute Gasteiger partial charge is 0.0490 e. The molecule has 0 aliphatic rings. The third-order valence-corrected chi connectivity index (χ3v) is 2.08. The number of unbranched alkanes of at least 4 members (excludes halogenated alkanes) is 3. The molecule has 0 amide bonds. The molecule has 3 nitrogen and oxygen atoms in total. The molecule has 3 heteroatoms. The molecule has 2 N–H and O–H groups in total. The van der Waals surface area contributed by atoms with E-state index in [1.807, 2.05) is 6.07 Å². The minimum Gasteiger partial charge on any atom is -0.311 e. The predicted octanol–water partition coefficient (Wildman–Crippen LogP) is 2.08. The summed E-state index contributed by atoms with van der Waals surface area (Å²) in [6.45, 7) is 4.25. The van der Waals surface area contributed by atoms with E-state index in [9.17, 15) is 0 Å². The standard InChI is InChI=1S/C10H19N3/c1-2-3-4-5-7-11-9-10-6-8-12-13-10/h6,8,11H,2-5,7,9H2,1H3,(H,12,13). The Hall–Kier alpha value is -0.830. The molecule has 74 valence electrons. The Bertz CT molecular complexity index is 194. The molecule has 0 radical (unpaired) electrons. The zero-order valence-electron chi connectivity index (χ0n) is 8.34. The SMILES string of the molecule is CCCCCCNCc1ccn[nH]1. The largest absolute Gasteiger partial charge is 0.311 e. The fourth-order valence-corrected chi connectivity index (χ4v) is 1.28. The van der Waals surface area contributed by atoms with Crippen molar-refractivity contribution >= 4 is 0 Å². The Morgan fingerprint density at radius 1 is 1.38 bits per heavy atom. The van der Waals surface area contributed by atoms with Crippen molar-refractivity contribution < 1.29 is 0 Å². The van der Waals surface area contributed by atoms with Gasteiger partial charge in [0.25, 0.3) is 0 Å². The predicted molar refractivity (Wildman–Crippen MR) is 54.4 cm³/mol. The molecule has 0 saturated carbocycles. The Labute approximate surface area is 79.9 Å². The topological polar surface area (TPSA) is 40.7 Å². The highest BCUT2D eigenvalue weighted by atomic mass is 15.1. The Morgan fingerprint density at radius 2 is 2.31 bits per heavy atom. The molecule has 0 aromatic carbocycles. The van der Waals surface area contributed by atoms with E-state index in [0.29, 0.717) is 0 Å². The molecule has 1 aromatic rings. The lowest BCUT2D eigenvalue weighted by Crippen LogP contribution is -2.14. The minimum absolute atomic E-state index is 0.909. The van der Waals surface area contributed by atoms with Gasteiger partial charge in [-0.05, 0) is 19.0 Å². The van der Waals surface area contributed by atoms with Crippen LogP contribution < -0.4 is 5.32 Å². The lowest BCUT2D eigenvalue weighted by molar-refractivity contribution is 0.593. The van der Waals surface area contributed by atoms with Crippen molar-refractivity contribution in [3.63, 3.8) is 0 Å². The summed E-state index contributed by atoms with van der Waals surface area (Å²) in [5, 5.41) is 10.2. The molecule has 1 heterocycles. The van der Waals surface area contributed by atoms with Crippen LogP contribution in [0.15, 0.2) is 12.3 Å². The normalized spacial score (nSPS) is 10.5. The van der Waals surface area contributed by atoms with Gasteiger partial charge in [-0.3, -0.25) is 5.10 Å². The Morgan fingerprint density at radius 3 is 3.00 bits per heavy atom. The number of aromatic amines is 1. The van der Waals surface area contributed by atoms with E-state index in [2.05, 4.69) is 22.4 Å². The maximum Gasteiger partial charge on any atom is 0.0490 e. The van der Waals surface area contributed by atoms with Crippen LogP contribution in [0.25, 0.3) is 0 Å². The van der Waals surface area contributed by atoms with Gasteiger partial charge in [-0.2, -0.15) is 5.10 Å². The molecule has 0 fully saturated rings. The van der Waals surface area contributed by atoms with Gasteiger partial charge in [0.2, 0.25) is 0 Å². The van der Waals surface area contributed by atoms with Crippen LogP contribution in [-0.2, 0) is 6.54 Å². The first kappa shape index (κ1) is 10.3. The summed E-state index contributed by atoms with van der Waals surface area (Å²) in [5.74, 6) is 0. The second-order valence-corrected chi connectivity index (χ2v) is 3.32. The monoisotopic (exact) mass is 181 g/mol. The summed E-state index contributed by atoms with van der Waals surface area (Å²) in [4.78, 5) is 0. The number of aromatic nitrogens is 2. The molecular formula is C10H19N3. The highest BCUT2D eigenvalue weighted by molar-refractivity contribution is 4.96. The molecule has 0 saturated heterocycles. The lowest BCUT2D eigenvalue weighted by atomic mass is 10.2. The Kier molecular flexibility index (Phi) is 5.25. The molecule has 13 heavy (non-hydrogen) atoms. The quantitative estimate of drug-likeness (QED) is 0.632. The molecule has 0 aliphatic carbocycles. The minimum atomic E-state index is 0.909. The fraction of sp³-hybridized carbons (Fsp3) is 0.700. The van der Waals surface area contributed by atoms with Crippen LogP contribution in [0.1, 0.15) is 38.3 Å². The van der Waals surface area contributed by atoms with Gasteiger partial charge in [0, 0.05) is 18.4 Å². The van der Waals surface area contributed by atoms with Crippen LogP contribution in [0.3, 0.4) is 0 Å². The van der Waals surface area contributed by atoms with Gasteiger partial charge in [-0.1, -0.05) is 26.2 Å². The molecule has 1 aromatic heterocycles. The third kappa shape index (κ3) is 4.68. The number of hydrogen-bond donors (Lipinski definition) is 2. The first-order chi connectivity index (χ1) is 6.43. The average molecular weight is 181 g/mol. The third-order valence-electron chi connectivity index (χ3n) is 2.08. The van der Waals surface area contributed by atoms with Gasteiger partial charge >= 0.3 is 0 Å². The average Bonchev–Trinajstić information content (AvgIpc) is 2.63. The van der Waals surface area contributed by atoms with E-state index >= 15 is 0 Å². The highest BCUT2D eigenvalue weighted by Gasteiger charge is 1.92. The van der Waals surface area contributed by atoms with E-state index in [1.165, 1.54) is 25.7 Å². The first-order valence-electron chi connectivity index (χ1n) is 5.12. The summed E-state index contributed by atoms with van der Waals surface area (Å²) in [6, 6.07) is 2.00. The number of rotatable bonds is 7. The van der Waals surface area contributed by atoms with Crippen LogP contribution in [0.5, 0.6) is 0 Å². The van der Waals surface area contributed by atoms with Gasteiger partial charge < -0.3 is 5.32 Å². The van der Waals surface area contributed by atoms with Gasteiger partial charge in [-0.15, -0.1) is 0 Å². The van der Waals surface area contributed by atoms with Gasteiger partial charge in [-0.25, -0.2) is 0 Å². The fourth-order valence-electron chi connectivity index (χ4n) is 1.28. The zero-order valence-corrected chi connectivity index (χ0v) is 8.34. The van der Waals surface area contributed by atoms with E-state index in [-0.39, 0.29) is 0 Å². The summed E-state index contributed by atoms with van der Waals surface area (Å²) >= 11 is 0. The van der Waals surface area contributed by atoms with Crippen molar-refractivity contribution in [2.24, 2.45) is 0 Å². The number of H-pyrrole nitrogens is 1. The summed E-state index contributed by atoms with van der Waals surface area (Å²) < 4.78 is 0. The van der Waals surface area contributed by atoms with E-state index < -0.39 is 0 Å². The van der Waals surface area contributed by atoms with Crippen molar-refractivity contribution in [3.8, 4) is 0 Å². The van der Waals surface area contributed by atoms with E-state index in [4.69, 9.17) is 0 Å². The number of nitrogens with zero attached hydrogens (tertiary/aromatic N) is 1. The maximum absolute atomic E-state index is 3.89. The van der Waals surface area contributed by atoms with Crippen LogP contribution in [-0.4, -0.2) is 16.7 Å². The second kappa shape index (κ2) is 6.66. The van der Waals surface area contributed by atoms with Gasteiger partial charge in [0.1, 0.15) is 0 Å². The molecular weight excluding hydrogens is 162 g/mol. The van der Waals surface area contributed by atoms with Crippen molar-refractivity contribution in [1.82, 2.24) is 15.5 Å². The summed E-state index contributed by atoms with van der Waals surface area (Å²) in [5.41, 5.74) is 1.16. The molecule has 1 rings (SSSR count). The first-order valence-corrected chi connectivity index (χ1v) is 5.12. The van der Waals surface area contributed by atoms with Crippen LogP contribution in [0.2, 0.25) is 0 Å². The van der Waals surface area contributed by atoms with Crippen LogP contribution in [0, 0.1) is 0 Å². The summed E-state index contributed by atoms with van der Waals surface area (Å²) in [6.07, 6.45) is 7.06. The molecule has 0 aliphatic heterocycles. The van der Waals surface area contributed by atoms with Gasteiger partial charge in [0.15, 0.2) is 0 Å². The van der Waals surface area contributed by atoms with Crippen molar-refractivity contribution in [3.05, 3.63) is 18.0 Å². The van der Waals surface area contributed by atoms with Crippen LogP contribution in [0.4, 0.5) is 0 Å². The number of nitrogens with one attached hydrogen (secondary N) is 2. The van der Waals surface area contributed by atoms with Crippen molar-refractivity contribution in [1.29, 1.82) is 0 Å². The van der Waals surface area contributed by atoms with Crippen LogP contribution >= 0.6 is 0 Å². The molecule has 0 unspecified atom stereocenters. The lowest BCUT2D eigenvalue weighted by Gasteiger charge is -2.01. The number of hydrogen-bond acceptors (Lipinski definition) is 2. The summed E-state index contributed by atoms with van der Waals surface area (Å²) in [7, 11) is 0.